The third-order valence-corrected chi connectivity index (χ3v) is 9.33. The first-order valence-electron chi connectivity index (χ1n) is 11.9. The molecule has 7 atom stereocenters. The lowest BCUT2D eigenvalue weighted by molar-refractivity contribution is -0.184. The summed E-state index contributed by atoms with van der Waals surface area (Å²) in [6, 6.07) is 0. The quantitative estimate of drug-likeness (QED) is 0.648. The zero-order valence-electron chi connectivity index (χ0n) is 19.0. The highest BCUT2D eigenvalue weighted by molar-refractivity contribution is 5.92. The molecule has 4 aliphatic carbocycles. The Morgan fingerprint density at radius 2 is 1.94 bits per heavy atom. The number of rotatable bonds is 5. The van der Waals surface area contributed by atoms with E-state index in [1.165, 1.54) is 5.57 Å². The second-order valence-corrected chi connectivity index (χ2v) is 10.8. The van der Waals surface area contributed by atoms with E-state index in [2.05, 4.69) is 6.92 Å². The van der Waals surface area contributed by atoms with Crippen LogP contribution in [0.4, 0.5) is 0 Å². The van der Waals surface area contributed by atoms with E-state index in [1.54, 1.807) is 6.08 Å². The van der Waals surface area contributed by atoms with Crippen LogP contribution in [0.3, 0.4) is 0 Å². The Balaban J connectivity index is 1.59. The van der Waals surface area contributed by atoms with Crippen molar-refractivity contribution < 1.29 is 29.3 Å². The number of allylic oxidation sites excluding steroid dienone is 1. The number of hydrogen-bond acceptors (Lipinski definition) is 6. The summed E-state index contributed by atoms with van der Waals surface area (Å²) in [4.78, 5) is 36.8. The van der Waals surface area contributed by atoms with Crippen molar-refractivity contribution in [2.75, 3.05) is 6.61 Å². The van der Waals surface area contributed by atoms with Crippen molar-refractivity contribution in [1.82, 2.24) is 0 Å². The molecule has 0 aliphatic heterocycles. The lowest BCUT2D eigenvalue weighted by Crippen LogP contribution is -2.62. The minimum atomic E-state index is -1.59. The van der Waals surface area contributed by atoms with Gasteiger partial charge in [-0.1, -0.05) is 26.3 Å². The Kier molecular flexibility index (Phi) is 5.70. The molecule has 0 heterocycles. The zero-order chi connectivity index (χ0) is 22.6. The summed E-state index contributed by atoms with van der Waals surface area (Å²) in [6.07, 6.45) is 6.46. The highest BCUT2D eigenvalue weighted by atomic mass is 16.5. The van der Waals surface area contributed by atoms with Gasteiger partial charge in [0.25, 0.3) is 0 Å². The van der Waals surface area contributed by atoms with Gasteiger partial charge >= 0.3 is 5.97 Å². The number of carbonyl (C=O) groups excluding carboxylic acids is 3. The maximum atomic E-state index is 13.1. The third kappa shape index (κ3) is 3.32. The van der Waals surface area contributed by atoms with Crippen LogP contribution in [0, 0.1) is 28.6 Å². The Labute approximate surface area is 184 Å². The smallest absolute Gasteiger partial charge is 0.306 e. The van der Waals surface area contributed by atoms with Crippen molar-refractivity contribution >= 4 is 17.5 Å². The lowest BCUT2D eigenvalue weighted by Gasteiger charge is -2.60. The molecule has 31 heavy (non-hydrogen) atoms. The highest BCUT2D eigenvalue weighted by Gasteiger charge is 2.68. The zero-order valence-corrected chi connectivity index (χ0v) is 19.0. The molecule has 0 aromatic heterocycles. The molecular weight excluding hydrogens is 396 g/mol. The number of fused-ring (bicyclic) bond motifs is 5. The minimum absolute atomic E-state index is 0.0403. The SMILES string of the molecule is CCCC(=O)OCC(=O)[C@@]1(O)CCC2C3CCC4=CC(=O)CCC4(C)C3C(O)CC21C. The number of ether oxygens (including phenoxy) is 1. The van der Waals surface area contributed by atoms with Gasteiger partial charge in [0, 0.05) is 18.3 Å². The van der Waals surface area contributed by atoms with Crippen molar-refractivity contribution in [3.63, 3.8) is 0 Å². The average Bonchev–Trinajstić information content (AvgIpc) is 2.98. The van der Waals surface area contributed by atoms with Gasteiger partial charge in [-0.2, -0.15) is 0 Å². The van der Waals surface area contributed by atoms with Gasteiger partial charge in [0.1, 0.15) is 5.60 Å². The summed E-state index contributed by atoms with van der Waals surface area (Å²) in [5.41, 5.74) is -1.36. The molecule has 3 saturated carbocycles. The number of esters is 1. The van der Waals surface area contributed by atoms with Gasteiger partial charge in [-0.05, 0) is 74.2 Å². The summed E-state index contributed by atoms with van der Waals surface area (Å²) >= 11 is 0. The summed E-state index contributed by atoms with van der Waals surface area (Å²) in [5.74, 6) is -0.323. The Morgan fingerprint density at radius 3 is 2.65 bits per heavy atom. The average molecular weight is 433 g/mol. The normalized spacial score (nSPS) is 44.0. The number of Topliss-reactive ketones (excluding diaryl/α,β-unsaturated/α-hetero) is 1. The summed E-state index contributed by atoms with van der Waals surface area (Å²) in [6.45, 7) is 5.59. The molecule has 3 fully saturated rings. The molecule has 0 aromatic rings. The van der Waals surface area contributed by atoms with E-state index in [1.807, 2.05) is 13.8 Å². The van der Waals surface area contributed by atoms with Crippen LogP contribution in [-0.4, -0.2) is 46.1 Å². The molecule has 6 unspecified atom stereocenters. The maximum Gasteiger partial charge on any atom is 0.306 e. The van der Waals surface area contributed by atoms with Crippen LogP contribution in [-0.2, 0) is 19.1 Å². The van der Waals surface area contributed by atoms with Crippen LogP contribution in [0.5, 0.6) is 0 Å². The standard InChI is InChI=1S/C25H36O6/c1-4-5-21(29)31-14-20(28)25(30)11-9-18-17-7-6-15-12-16(26)8-10-23(15,2)22(17)19(27)13-24(18,25)3/h12,17-19,22,27,30H,4-11,13-14H2,1-3H3/t17?,18?,19?,22?,23?,24?,25-/m0/s1. The van der Waals surface area contributed by atoms with Gasteiger partial charge < -0.3 is 14.9 Å². The second-order valence-electron chi connectivity index (χ2n) is 10.8. The second kappa shape index (κ2) is 7.80. The number of aliphatic hydroxyl groups is 2. The van der Waals surface area contributed by atoms with E-state index in [0.717, 1.165) is 25.7 Å². The van der Waals surface area contributed by atoms with Gasteiger partial charge in [0.05, 0.1) is 6.10 Å². The van der Waals surface area contributed by atoms with Crippen molar-refractivity contribution in [3.8, 4) is 0 Å². The molecule has 0 aromatic carbocycles. The first-order chi connectivity index (χ1) is 14.6. The molecule has 0 saturated heterocycles. The van der Waals surface area contributed by atoms with E-state index in [-0.39, 0.29) is 35.4 Å². The van der Waals surface area contributed by atoms with Crippen LogP contribution in [0.25, 0.3) is 0 Å². The molecule has 0 radical (unpaired) electrons. The summed E-state index contributed by atoms with van der Waals surface area (Å²) in [7, 11) is 0. The van der Waals surface area contributed by atoms with Crippen molar-refractivity contribution in [1.29, 1.82) is 0 Å². The van der Waals surface area contributed by atoms with E-state index >= 15 is 0 Å². The van der Waals surface area contributed by atoms with Crippen LogP contribution < -0.4 is 0 Å². The predicted octanol–water partition coefficient (Wildman–Crippen LogP) is 3.13. The maximum absolute atomic E-state index is 13.1. The Bertz CT molecular complexity index is 817. The van der Waals surface area contributed by atoms with E-state index in [4.69, 9.17) is 4.74 Å². The lowest BCUT2D eigenvalue weighted by atomic mass is 9.45. The number of carbonyl (C=O) groups is 3. The topological polar surface area (TPSA) is 101 Å². The molecule has 0 bridgehead atoms. The number of ketones is 2. The van der Waals surface area contributed by atoms with Gasteiger partial charge in [-0.3, -0.25) is 14.4 Å². The highest BCUT2D eigenvalue weighted by Crippen LogP contribution is 2.67. The number of aliphatic hydroxyl groups excluding tert-OH is 1. The fraction of sp³-hybridized carbons (Fsp3) is 0.800. The minimum Gasteiger partial charge on any atom is -0.458 e. The molecule has 6 nitrogen and oxygen atoms in total. The van der Waals surface area contributed by atoms with Gasteiger partial charge in [0.2, 0.25) is 5.78 Å². The van der Waals surface area contributed by atoms with E-state index in [0.29, 0.717) is 25.7 Å². The fourth-order valence-electron chi connectivity index (χ4n) is 7.69. The van der Waals surface area contributed by atoms with E-state index in [9.17, 15) is 24.6 Å². The fourth-order valence-corrected chi connectivity index (χ4v) is 7.69. The van der Waals surface area contributed by atoms with Crippen LogP contribution in [0.1, 0.15) is 78.6 Å². The molecule has 4 rings (SSSR count). The van der Waals surface area contributed by atoms with Gasteiger partial charge in [0.15, 0.2) is 12.4 Å². The van der Waals surface area contributed by atoms with Gasteiger partial charge in [-0.15, -0.1) is 0 Å². The Hall–Kier alpha value is -1.53. The monoisotopic (exact) mass is 432 g/mol. The molecule has 172 valence electrons. The summed E-state index contributed by atoms with van der Waals surface area (Å²) < 4.78 is 5.13. The Morgan fingerprint density at radius 1 is 1.19 bits per heavy atom. The molecule has 4 aliphatic rings. The first kappa shape index (κ1) is 22.7. The van der Waals surface area contributed by atoms with Crippen LogP contribution in [0.15, 0.2) is 11.6 Å². The van der Waals surface area contributed by atoms with Crippen molar-refractivity contribution in [3.05, 3.63) is 11.6 Å². The molecule has 6 heteroatoms. The van der Waals surface area contributed by atoms with Gasteiger partial charge in [-0.25, -0.2) is 0 Å². The van der Waals surface area contributed by atoms with E-state index < -0.39 is 35.5 Å². The molecule has 0 amide bonds. The number of hydrogen-bond donors (Lipinski definition) is 2. The predicted molar refractivity (Wildman–Crippen MR) is 114 cm³/mol. The van der Waals surface area contributed by atoms with Crippen LogP contribution in [0.2, 0.25) is 0 Å². The van der Waals surface area contributed by atoms with Crippen molar-refractivity contribution in [2.24, 2.45) is 28.6 Å². The van der Waals surface area contributed by atoms with Crippen molar-refractivity contribution in [2.45, 2.75) is 90.3 Å². The third-order valence-electron chi connectivity index (χ3n) is 9.33. The molecular formula is C25H36O6. The molecule has 2 N–H and O–H groups in total. The largest absolute Gasteiger partial charge is 0.458 e. The van der Waals surface area contributed by atoms with Crippen LogP contribution >= 0.6 is 0 Å². The molecule has 0 spiro atoms. The first-order valence-corrected chi connectivity index (χ1v) is 11.9. The summed E-state index contributed by atoms with van der Waals surface area (Å²) in [5, 5.41) is 23.0.